The van der Waals surface area contributed by atoms with E-state index < -0.39 is 0 Å². The molecule has 0 aliphatic rings. The van der Waals surface area contributed by atoms with E-state index in [2.05, 4.69) is 10.3 Å². The first-order chi connectivity index (χ1) is 8.52. The van der Waals surface area contributed by atoms with Crippen molar-refractivity contribution in [3.63, 3.8) is 0 Å². The van der Waals surface area contributed by atoms with Crippen LogP contribution >= 0.6 is 11.3 Å². The first kappa shape index (κ1) is 13.2. The second kappa shape index (κ2) is 5.16. The number of nitrogens with zero attached hydrogens (tertiary/aromatic N) is 1. The molecule has 0 fully saturated rings. The second-order valence-electron chi connectivity index (χ2n) is 4.48. The molecule has 1 aromatic carbocycles. The summed E-state index contributed by atoms with van der Waals surface area (Å²) in [6.45, 7) is 5.81. The Bertz CT molecular complexity index is 540. The van der Waals surface area contributed by atoms with E-state index in [1.165, 1.54) is 0 Å². The van der Waals surface area contributed by atoms with Gasteiger partial charge in [0, 0.05) is 16.6 Å². The maximum atomic E-state index is 14.2. The van der Waals surface area contributed by atoms with E-state index in [-0.39, 0.29) is 11.9 Å². The zero-order valence-corrected chi connectivity index (χ0v) is 11.9. The van der Waals surface area contributed by atoms with E-state index in [4.69, 9.17) is 0 Å². The fourth-order valence-electron chi connectivity index (χ4n) is 2.23. The van der Waals surface area contributed by atoms with Crippen LogP contribution in [0.5, 0.6) is 0 Å². The average molecular weight is 264 g/mol. The Morgan fingerprint density at radius 3 is 2.50 bits per heavy atom. The Kier molecular flexibility index (Phi) is 3.78. The highest BCUT2D eigenvalue weighted by Gasteiger charge is 2.20. The Hall–Kier alpha value is -1.26. The van der Waals surface area contributed by atoms with Gasteiger partial charge >= 0.3 is 0 Å². The minimum atomic E-state index is -0.155. The van der Waals surface area contributed by atoms with Crippen molar-refractivity contribution < 1.29 is 4.39 Å². The quantitative estimate of drug-likeness (QED) is 0.917. The molecule has 0 aliphatic heterocycles. The van der Waals surface area contributed by atoms with Gasteiger partial charge in [0.2, 0.25) is 0 Å². The molecule has 18 heavy (non-hydrogen) atoms. The van der Waals surface area contributed by atoms with E-state index in [0.717, 1.165) is 21.0 Å². The average Bonchev–Trinajstić information content (AvgIpc) is 2.69. The summed E-state index contributed by atoms with van der Waals surface area (Å²) < 4.78 is 14.2. The number of rotatable bonds is 3. The lowest BCUT2D eigenvalue weighted by molar-refractivity contribution is 0.575. The first-order valence-corrected chi connectivity index (χ1v) is 6.70. The first-order valence-electron chi connectivity index (χ1n) is 5.89. The third-order valence-corrected chi connectivity index (χ3v) is 3.96. The van der Waals surface area contributed by atoms with E-state index >= 15 is 0 Å². The van der Waals surface area contributed by atoms with Crippen LogP contribution in [0, 0.1) is 26.6 Å². The predicted octanol–water partition coefficient (Wildman–Crippen LogP) is 3.52. The zero-order valence-electron chi connectivity index (χ0n) is 11.0. The Balaban J connectivity index is 2.51. The van der Waals surface area contributed by atoms with Crippen molar-refractivity contribution in [2.45, 2.75) is 26.8 Å². The van der Waals surface area contributed by atoms with Gasteiger partial charge in [-0.3, -0.25) is 0 Å². The molecule has 0 amide bonds. The van der Waals surface area contributed by atoms with Crippen molar-refractivity contribution in [1.29, 1.82) is 0 Å². The minimum Gasteiger partial charge on any atom is -0.309 e. The maximum Gasteiger partial charge on any atom is 0.128 e. The molecular weight excluding hydrogens is 247 g/mol. The van der Waals surface area contributed by atoms with Crippen molar-refractivity contribution >= 4 is 11.3 Å². The molecule has 0 aliphatic carbocycles. The van der Waals surface area contributed by atoms with Crippen molar-refractivity contribution in [1.82, 2.24) is 10.3 Å². The molecule has 0 saturated carbocycles. The number of nitrogens with one attached hydrogen (secondary N) is 1. The Morgan fingerprint density at radius 2 is 2.00 bits per heavy atom. The highest BCUT2D eigenvalue weighted by molar-refractivity contribution is 7.11. The number of benzene rings is 1. The van der Waals surface area contributed by atoms with Gasteiger partial charge in [0.25, 0.3) is 0 Å². The zero-order chi connectivity index (χ0) is 13.3. The smallest absolute Gasteiger partial charge is 0.128 e. The number of thiazole rings is 1. The highest BCUT2D eigenvalue weighted by Crippen LogP contribution is 2.31. The normalized spacial score (nSPS) is 12.7. The Morgan fingerprint density at radius 1 is 1.28 bits per heavy atom. The molecule has 96 valence electrons. The molecule has 1 atom stereocenters. The van der Waals surface area contributed by atoms with Crippen molar-refractivity contribution in [2.24, 2.45) is 0 Å². The van der Waals surface area contributed by atoms with Crippen LogP contribution in [0.4, 0.5) is 4.39 Å². The molecule has 0 spiro atoms. The van der Waals surface area contributed by atoms with Crippen LogP contribution < -0.4 is 5.32 Å². The van der Waals surface area contributed by atoms with E-state index in [9.17, 15) is 4.39 Å². The molecule has 1 unspecified atom stereocenters. The summed E-state index contributed by atoms with van der Waals surface area (Å²) >= 11 is 1.60. The van der Waals surface area contributed by atoms with Gasteiger partial charge in [-0.1, -0.05) is 6.07 Å². The summed E-state index contributed by atoms with van der Waals surface area (Å²) in [5.41, 5.74) is 2.63. The lowest BCUT2D eigenvalue weighted by Gasteiger charge is -2.18. The van der Waals surface area contributed by atoms with Gasteiger partial charge in [-0.05, 0) is 45.0 Å². The van der Waals surface area contributed by atoms with Crippen LogP contribution in [0.25, 0.3) is 0 Å². The highest BCUT2D eigenvalue weighted by atomic mass is 32.1. The molecule has 1 N–H and O–H groups in total. The van der Waals surface area contributed by atoms with E-state index in [1.54, 1.807) is 17.4 Å². The number of hydrogen-bond acceptors (Lipinski definition) is 3. The summed E-state index contributed by atoms with van der Waals surface area (Å²) in [7, 11) is 1.85. The number of hydrogen-bond donors (Lipinski definition) is 1. The van der Waals surface area contributed by atoms with Gasteiger partial charge in [-0.2, -0.15) is 0 Å². The lowest BCUT2D eigenvalue weighted by atomic mass is 9.98. The summed E-state index contributed by atoms with van der Waals surface area (Å²) in [6.07, 6.45) is 1.82. The fraction of sp³-hybridized carbons (Fsp3) is 0.357. The minimum absolute atomic E-state index is 0.128. The fourth-order valence-corrected chi connectivity index (χ4v) is 3.14. The van der Waals surface area contributed by atoms with Gasteiger partial charge in [0.15, 0.2) is 0 Å². The van der Waals surface area contributed by atoms with Gasteiger partial charge in [0.05, 0.1) is 11.0 Å². The summed E-state index contributed by atoms with van der Waals surface area (Å²) in [5.74, 6) is -0.155. The topological polar surface area (TPSA) is 24.9 Å². The molecule has 1 aromatic heterocycles. The standard InChI is InChI=1S/C14H17FN2S/c1-8-5-9(2)13(11(15)6-8)14(16-4)12-7-17-10(3)18-12/h5-7,14,16H,1-4H3. The van der Waals surface area contributed by atoms with Crippen LogP contribution in [-0.4, -0.2) is 12.0 Å². The molecule has 2 nitrogen and oxygen atoms in total. The van der Waals surface area contributed by atoms with E-state index in [0.29, 0.717) is 5.56 Å². The largest absolute Gasteiger partial charge is 0.309 e. The molecule has 2 rings (SSSR count). The molecular formula is C14H17FN2S. The molecule has 0 radical (unpaired) electrons. The van der Waals surface area contributed by atoms with Crippen molar-refractivity contribution in [2.75, 3.05) is 7.05 Å². The van der Waals surface area contributed by atoms with Crippen molar-refractivity contribution in [3.8, 4) is 0 Å². The van der Waals surface area contributed by atoms with Crippen LogP contribution in [0.15, 0.2) is 18.3 Å². The van der Waals surface area contributed by atoms with Gasteiger partial charge in [-0.25, -0.2) is 9.37 Å². The number of halogens is 1. The van der Waals surface area contributed by atoms with E-state index in [1.807, 2.05) is 40.1 Å². The summed E-state index contributed by atoms with van der Waals surface area (Å²) in [6, 6.07) is 3.47. The second-order valence-corrected chi connectivity index (χ2v) is 5.75. The van der Waals surface area contributed by atoms with Crippen molar-refractivity contribution in [3.05, 3.63) is 50.7 Å². The van der Waals surface area contributed by atoms with Gasteiger partial charge in [0.1, 0.15) is 5.82 Å². The van der Waals surface area contributed by atoms with Crippen LogP contribution in [0.3, 0.4) is 0 Å². The van der Waals surface area contributed by atoms with Gasteiger partial charge in [-0.15, -0.1) is 11.3 Å². The molecule has 2 aromatic rings. The summed E-state index contributed by atoms with van der Waals surface area (Å²) in [5, 5.41) is 4.18. The molecule has 0 saturated heterocycles. The van der Waals surface area contributed by atoms with Crippen LogP contribution in [0.2, 0.25) is 0 Å². The third-order valence-electron chi connectivity index (χ3n) is 2.98. The van der Waals surface area contributed by atoms with Crippen LogP contribution in [0.1, 0.15) is 32.6 Å². The molecule has 1 heterocycles. The monoisotopic (exact) mass is 264 g/mol. The third kappa shape index (κ3) is 2.44. The van der Waals surface area contributed by atoms with Gasteiger partial charge < -0.3 is 5.32 Å². The number of aromatic nitrogens is 1. The SMILES string of the molecule is CNC(c1cnc(C)s1)c1c(C)cc(C)cc1F. The molecule has 0 bridgehead atoms. The molecule has 4 heteroatoms. The Labute approximate surface area is 111 Å². The predicted molar refractivity (Wildman–Crippen MR) is 73.6 cm³/mol. The number of aryl methyl sites for hydroxylation is 3. The lowest BCUT2D eigenvalue weighted by Crippen LogP contribution is -2.19. The van der Waals surface area contributed by atoms with Crippen LogP contribution in [-0.2, 0) is 0 Å². The maximum absolute atomic E-state index is 14.2. The summed E-state index contributed by atoms with van der Waals surface area (Å²) in [4.78, 5) is 5.29.